The summed E-state index contributed by atoms with van der Waals surface area (Å²) >= 11 is 0. The van der Waals surface area contributed by atoms with Gasteiger partial charge < -0.3 is 11.5 Å². The van der Waals surface area contributed by atoms with Gasteiger partial charge in [0.1, 0.15) is 17.8 Å². The molecule has 8 nitrogen and oxygen atoms in total. The maximum absolute atomic E-state index is 5.87. The van der Waals surface area contributed by atoms with Crippen LogP contribution in [0.4, 0.5) is 11.8 Å². The predicted molar refractivity (Wildman–Crippen MR) is 66.2 cm³/mol. The second-order valence-corrected chi connectivity index (χ2v) is 3.76. The standard InChI is InChI=1S/C10H10N8/c1-18-9-6(8(11)15-4-16-9)7(17-18)5-2-13-10(12)14-3-5/h2-4H,1H3,(H2,11,15,16)(H2,12,13,14). The average molecular weight is 242 g/mol. The lowest BCUT2D eigenvalue weighted by molar-refractivity contribution is 0.788. The van der Waals surface area contributed by atoms with Gasteiger partial charge in [0.2, 0.25) is 5.95 Å². The number of anilines is 2. The van der Waals surface area contributed by atoms with Gasteiger partial charge in [-0.05, 0) is 0 Å². The fourth-order valence-corrected chi connectivity index (χ4v) is 1.77. The lowest BCUT2D eigenvalue weighted by Crippen LogP contribution is -1.95. The fourth-order valence-electron chi connectivity index (χ4n) is 1.77. The van der Waals surface area contributed by atoms with E-state index in [1.54, 1.807) is 24.1 Å². The first-order valence-electron chi connectivity index (χ1n) is 5.18. The van der Waals surface area contributed by atoms with Crippen LogP contribution in [0.3, 0.4) is 0 Å². The van der Waals surface area contributed by atoms with Crippen molar-refractivity contribution in [2.24, 2.45) is 7.05 Å². The Morgan fingerprint density at radius 1 is 1.06 bits per heavy atom. The molecule has 0 aliphatic carbocycles. The Hall–Kier alpha value is -2.77. The van der Waals surface area contributed by atoms with Gasteiger partial charge in [-0.1, -0.05) is 0 Å². The van der Waals surface area contributed by atoms with E-state index < -0.39 is 0 Å². The van der Waals surface area contributed by atoms with Crippen molar-refractivity contribution in [3.63, 3.8) is 0 Å². The number of hydrogen-bond acceptors (Lipinski definition) is 7. The molecule has 0 fully saturated rings. The number of fused-ring (bicyclic) bond motifs is 1. The van der Waals surface area contributed by atoms with Crippen LogP contribution in [0.5, 0.6) is 0 Å². The third-order valence-corrected chi connectivity index (χ3v) is 2.60. The Kier molecular flexibility index (Phi) is 2.09. The molecule has 18 heavy (non-hydrogen) atoms. The van der Waals surface area contributed by atoms with Crippen molar-refractivity contribution in [1.29, 1.82) is 0 Å². The van der Waals surface area contributed by atoms with Crippen molar-refractivity contribution in [2.45, 2.75) is 0 Å². The van der Waals surface area contributed by atoms with Crippen LogP contribution in [0.1, 0.15) is 0 Å². The van der Waals surface area contributed by atoms with Crippen molar-refractivity contribution >= 4 is 22.8 Å². The zero-order valence-corrected chi connectivity index (χ0v) is 9.57. The second-order valence-electron chi connectivity index (χ2n) is 3.76. The molecule has 3 aromatic rings. The largest absolute Gasteiger partial charge is 0.383 e. The van der Waals surface area contributed by atoms with Crippen LogP contribution in [0, 0.1) is 0 Å². The van der Waals surface area contributed by atoms with Crippen LogP contribution in [0.2, 0.25) is 0 Å². The van der Waals surface area contributed by atoms with E-state index in [0.29, 0.717) is 22.5 Å². The summed E-state index contributed by atoms with van der Waals surface area (Å²) in [7, 11) is 1.79. The maximum Gasteiger partial charge on any atom is 0.219 e. The number of nitrogen functional groups attached to an aromatic ring is 2. The zero-order valence-electron chi connectivity index (χ0n) is 9.57. The minimum atomic E-state index is 0.211. The van der Waals surface area contributed by atoms with E-state index in [4.69, 9.17) is 11.5 Å². The summed E-state index contributed by atoms with van der Waals surface area (Å²) in [4.78, 5) is 16.0. The summed E-state index contributed by atoms with van der Waals surface area (Å²) in [6, 6.07) is 0. The van der Waals surface area contributed by atoms with Gasteiger partial charge in [0, 0.05) is 25.0 Å². The first-order chi connectivity index (χ1) is 8.66. The highest BCUT2D eigenvalue weighted by Crippen LogP contribution is 2.28. The summed E-state index contributed by atoms with van der Waals surface area (Å²) in [5, 5.41) is 5.05. The number of rotatable bonds is 1. The van der Waals surface area contributed by atoms with Gasteiger partial charge in [-0.3, -0.25) is 0 Å². The van der Waals surface area contributed by atoms with E-state index >= 15 is 0 Å². The fraction of sp³-hybridized carbons (Fsp3) is 0.100. The van der Waals surface area contributed by atoms with Gasteiger partial charge in [-0.25, -0.2) is 24.6 Å². The zero-order chi connectivity index (χ0) is 12.7. The van der Waals surface area contributed by atoms with Crippen LogP contribution >= 0.6 is 0 Å². The topological polar surface area (TPSA) is 121 Å². The highest BCUT2D eigenvalue weighted by atomic mass is 15.3. The quantitative estimate of drug-likeness (QED) is 0.615. The Morgan fingerprint density at radius 3 is 2.50 bits per heavy atom. The molecule has 8 heteroatoms. The van der Waals surface area contributed by atoms with Crippen molar-refractivity contribution in [3.8, 4) is 11.3 Å². The second kappa shape index (κ2) is 3.62. The molecule has 0 amide bonds. The molecule has 4 N–H and O–H groups in total. The summed E-state index contributed by atoms with van der Waals surface area (Å²) in [5.41, 5.74) is 13.3. The lowest BCUT2D eigenvalue weighted by Gasteiger charge is -1.98. The van der Waals surface area contributed by atoms with E-state index in [-0.39, 0.29) is 5.95 Å². The molecular formula is C10H10N8. The number of nitrogens with two attached hydrogens (primary N) is 2. The van der Waals surface area contributed by atoms with Crippen molar-refractivity contribution < 1.29 is 0 Å². The highest BCUT2D eigenvalue weighted by molar-refractivity contribution is 5.97. The Labute approximate surface area is 102 Å². The van der Waals surface area contributed by atoms with E-state index in [9.17, 15) is 0 Å². The molecule has 0 saturated carbocycles. The normalized spacial score (nSPS) is 10.9. The first kappa shape index (κ1) is 10.4. The van der Waals surface area contributed by atoms with Gasteiger partial charge >= 0.3 is 0 Å². The van der Waals surface area contributed by atoms with E-state index in [1.165, 1.54) is 6.33 Å². The molecule has 3 rings (SSSR count). The molecule has 0 spiro atoms. The summed E-state index contributed by atoms with van der Waals surface area (Å²) in [5.74, 6) is 0.586. The minimum Gasteiger partial charge on any atom is -0.383 e. The van der Waals surface area contributed by atoms with Crippen molar-refractivity contribution in [2.75, 3.05) is 11.5 Å². The van der Waals surface area contributed by atoms with Crippen molar-refractivity contribution in [1.82, 2.24) is 29.7 Å². The predicted octanol–water partition coefficient (Wildman–Crippen LogP) is -0.0153. The monoisotopic (exact) mass is 242 g/mol. The third-order valence-electron chi connectivity index (χ3n) is 2.60. The minimum absolute atomic E-state index is 0.211. The molecule has 0 saturated heterocycles. The number of aryl methyl sites for hydroxylation is 1. The molecule has 0 aromatic carbocycles. The molecule has 0 aliphatic rings. The molecular weight excluding hydrogens is 232 g/mol. The summed E-state index contributed by atoms with van der Waals surface area (Å²) in [6.07, 6.45) is 4.59. The van der Waals surface area contributed by atoms with E-state index in [1.807, 2.05) is 0 Å². The Balaban J connectivity index is 2.32. The van der Waals surface area contributed by atoms with Crippen LogP contribution in [0.15, 0.2) is 18.7 Å². The SMILES string of the molecule is Cn1nc(-c2cnc(N)nc2)c2c(N)ncnc21. The Bertz CT molecular complexity index is 715. The van der Waals surface area contributed by atoms with Crippen molar-refractivity contribution in [3.05, 3.63) is 18.7 Å². The lowest BCUT2D eigenvalue weighted by atomic mass is 10.2. The first-order valence-corrected chi connectivity index (χ1v) is 5.18. The Morgan fingerprint density at radius 2 is 1.78 bits per heavy atom. The van der Waals surface area contributed by atoms with Gasteiger partial charge in [0.25, 0.3) is 0 Å². The molecule has 90 valence electrons. The average Bonchev–Trinajstić information content (AvgIpc) is 2.70. The molecule has 0 unspecified atom stereocenters. The maximum atomic E-state index is 5.87. The van der Waals surface area contributed by atoms with Gasteiger partial charge in [0.05, 0.1) is 5.39 Å². The number of hydrogen-bond donors (Lipinski definition) is 2. The molecule has 3 aromatic heterocycles. The van der Waals surface area contributed by atoms with Crippen LogP contribution < -0.4 is 11.5 Å². The van der Waals surface area contributed by atoms with Gasteiger partial charge in [-0.15, -0.1) is 0 Å². The number of aromatic nitrogens is 6. The molecule has 3 heterocycles. The van der Waals surface area contributed by atoms with E-state index in [0.717, 1.165) is 5.56 Å². The number of nitrogens with zero attached hydrogens (tertiary/aromatic N) is 6. The van der Waals surface area contributed by atoms with Gasteiger partial charge in [0.15, 0.2) is 5.65 Å². The smallest absolute Gasteiger partial charge is 0.219 e. The summed E-state index contributed by atoms with van der Waals surface area (Å²) in [6.45, 7) is 0. The molecule has 0 radical (unpaired) electrons. The summed E-state index contributed by atoms with van der Waals surface area (Å²) < 4.78 is 1.64. The van der Waals surface area contributed by atoms with Crippen LogP contribution in [-0.2, 0) is 7.05 Å². The van der Waals surface area contributed by atoms with Crippen LogP contribution in [-0.4, -0.2) is 29.7 Å². The highest BCUT2D eigenvalue weighted by Gasteiger charge is 2.15. The molecule has 0 bridgehead atoms. The third kappa shape index (κ3) is 1.43. The van der Waals surface area contributed by atoms with Crippen LogP contribution in [0.25, 0.3) is 22.3 Å². The molecule has 0 atom stereocenters. The molecule has 0 aliphatic heterocycles. The van der Waals surface area contributed by atoms with E-state index in [2.05, 4.69) is 25.0 Å². The van der Waals surface area contributed by atoms with Gasteiger partial charge in [-0.2, -0.15) is 5.10 Å².